The Labute approximate surface area is 126 Å². The maximum atomic E-state index is 5.70. The zero-order chi connectivity index (χ0) is 14.2. The van der Waals surface area contributed by atoms with Gasteiger partial charge in [-0.1, -0.05) is 18.2 Å². The number of fused-ring (bicyclic) bond motifs is 3. The van der Waals surface area contributed by atoms with Gasteiger partial charge in [0, 0.05) is 43.8 Å². The number of aromatic amines is 1. The third-order valence-corrected chi connectivity index (χ3v) is 5.47. The van der Waals surface area contributed by atoms with Crippen molar-refractivity contribution in [2.75, 3.05) is 26.7 Å². The summed E-state index contributed by atoms with van der Waals surface area (Å²) in [6, 6.07) is 8.60. The molecule has 1 aromatic carbocycles. The molecule has 0 radical (unpaired) electrons. The molecule has 1 saturated heterocycles. The molecule has 1 unspecified atom stereocenters. The van der Waals surface area contributed by atoms with Crippen molar-refractivity contribution in [3.8, 4) is 0 Å². The van der Waals surface area contributed by atoms with Crippen LogP contribution in [0.25, 0.3) is 10.9 Å². The number of hydrogen-bond acceptors (Lipinski definition) is 2. The highest BCUT2D eigenvalue weighted by Crippen LogP contribution is 2.38. The molecule has 2 aliphatic rings. The van der Waals surface area contributed by atoms with E-state index in [1.165, 1.54) is 48.9 Å². The number of aromatic nitrogens is 1. The number of ether oxygens (including phenoxy) is 1. The Balaban J connectivity index is 1.42. The molecule has 3 nitrogen and oxygen atoms in total. The van der Waals surface area contributed by atoms with Crippen LogP contribution in [0.1, 0.15) is 18.4 Å². The molecule has 21 heavy (non-hydrogen) atoms. The Morgan fingerprint density at radius 3 is 2.71 bits per heavy atom. The molecule has 3 atom stereocenters. The van der Waals surface area contributed by atoms with E-state index in [9.17, 15) is 0 Å². The first kappa shape index (κ1) is 13.4. The molecule has 3 heteroatoms. The highest BCUT2D eigenvalue weighted by molar-refractivity contribution is 5.83. The van der Waals surface area contributed by atoms with Crippen molar-refractivity contribution >= 4 is 10.9 Å². The minimum Gasteiger partial charge on any atom is -0.381 e. The van der Waals surface area contributed by atoms with E-state index >= 15 is 0 Å². The molecule has 4 rings (SSSR count). The number of likely N-dealkylation sites (tertiary alicyclic amines) is 1. The Bertz CT molecular complexity index is 606. The molecule has 1 saturated carbocycles. The highest BCUT2D eigenvalue weighted by Gasteiger charge is 2.41. The molecule has 2 fully saturated rings. The topological polar surface area (TPSA) is 28.3 Å². The minimum atomic E-state index is 0.523. The summed E-state index contributed by atoms with van der Waals surface area (Å²) >= 11 is 0. The van der Waals surface area contributed by atoms with Crippen LogP contribution in [0.4, 0.5) is 0 Å². The van der Waals surface area contributed by atoms with Gasteiger partial charge in [-0.3, -0.25) is 0 Å². The average Bonchev–Trinajstić information content (AvgIpc) is 3.03. The molecule has 1 aromatic heterocycles. The predicted octanol–water partition coefficient (Wildman–Crippen LogP) is 3.07. The van der Waals surface area contributed by atoms with Crippen LogP contribution < -0.4 is 0 Å². The molecule has 2 bridgehead atoms. The summed E-state index contributed by atoms with van der Waals surface area (Å²) in [6.45, 7) is 3.61. The van der Waals surface area contributed by atoms with Crippen LogP contribution in [-0.4, -0.2) is 42.7 Å². The van der Waals surface area contributed by atoms with Gasteiger partial charge >= 0.3 is 0 Å². The van der Waals surface area contributed by atoms with Gasteiger partial charge in [-0.2, -0.15) is 0 Å². The molecular weight excluding hydrogens is 260 g/mol. The van der Waals surface area contributed by atoms with Gasteiger partial charge in [-0.25, -0.2) is 0 Å². The molecular formula is C18H24N2O. The molecule has 112 valence electrons. The fourth-order valence-corrected chi connectivity index (χ4v) is 4.45. The first-order valence-corrected chi connectivity index (χ1v) is 8.15. The zero-order valence-electron chi connectivity index (χ0n) is 12.7. The summed E-state index contributed by atoms with van der Waals surface area (Å²) in [5.74, 6) is 1.52. The zero-order valence-corrected chi connectivity index (χ0v) is 12.7. The van der Waals surface area contributed by atoms with Gasteiger partial charge in [0.15, 0.2) is 0 Å². The normalized spacial score (nSPS) is 29.3. The molecule has 0 spiro atoms. The van der Waals surface area contributed by atoms with Gasteiger partial charge in [0.1, 0.15) is 0 Å². The lowest BCUT2D eigenvalue weighted by molar-refractivity contribution is -0.0153. The van der Waals surface area contributed by atoms with Crippen molar-refractivity contribution in [2.45, 2.75) is 25.4 Å². The number of benzene rings is 1. The highest BCUT2D eigenvalue weighted by atomic mass is 16.5. The van der Waals surface area contributed by atoms with Crippen LogP contribution in [0, 0.1) is 11.8 Å². The second-order valence-corrected chi connectivity index (χ2v) is 6.67. The van der Waals surface area contributed by atoms with Gasteiger partial charge in [0.25, 0.3) is 0 Å². The Morgan fingerprint density at radius 2 is 1.95 bits per heavy atom. The number of nitrogens with zero attached hydrogens (tertiary/aromatic N) is 1. The molecule has 1 aliphatic heterocycles. The van der Waals surface area contributed by atoms with E-state index in [2.05, 4.69) is 40.3 Å². The van der Waals surface area contributed by atoms with Crippen LogP contribution in [0.2, 0.25) is 0 Å². The number of methoxy groups -OCH3 is 1. The predicted molar refractivity (Wildman–Crippen MR) is 85.5 cm³/mol. The van der Waals surface area contributed by atoms with E-state index in [0.29, 0.717) is 6.10 Å². The second kappa shape index (κ2) is 5.47. The largest absolute Gasteiger partial charge is 0.381 e. The quantitative estimate of drug-likeness (QED) is 0.934. The lowest BCUT2D eigenvalue weighted by atomic mass is 9.94. The number of hydrogen-bond donors (Lipinski definition) is 1. The fraction of sp³-hybridized carbons (Fsp3) is 0.556. The van der Waals surface area contributed by atoms with Crippen molar-refractivity contribution in [1.29, 1.82) is 0 Å². The number of H-pyrrole nitrogens is 1. The lowest BCUT2D eigenvalue weighted by Crippen LogP contribution is -2.46. The van der Waals surface area contributed by atoms with Gasteiger partial charge in [0.2, 0.25) is 0 Å². The van der Waals surface area contributed by atoms with Crippen LogP contribution in [0.5, 0.6) is 0 Å². The smallest absolute Gasteiger partial charge is 0.0652 e. The number of rotatable bonds is 4. The number of piperidine rings is 1. The van der Waals surface area contributed by atoms with E-state index in [-0.39, 0.29) is 0 Å². The van der Waals surface area contributed by atoms with Gasteiger partial charge in [-0.15, -0.1) is 0 Å². The maximum absolute atomic E-state index is 5.70. The fourth-order valence-electron chi connectivity index (χ4n) is 4.45. The first-order chi connectivity index (χ1) is 10.3. The van der Waals surface area contributed by atoms with Gasteiger partial charge in [0.05, 0.1) is 6.10 Å². The summed E-state index contributed by atoms with van der Waals surface area (Å²) in [7, 11) is 1.89. The summed E-state index contributed by atoms with van der Waals surface area (Å²) < 4.78 is 5.70. The molecule has 1 aliphatic carbocycles. The first-order valence-electron chi connectivity index (χ1n) is 8.15. The van der Waals surface area contributed by atoms with E-state index in [1.54, 1.807) is 0 Å². The van der Waals surface area contributed by atoms with E-state index in [1.807, 2.05) is 7.11 Å². The van der Waals surface area contributed by atoms with Crippen LogP contribution >= 0.6 is 0 Å². The van der Waals surface area contributed by atoms with E-state index in [4.69, 9.17) is 4.74 Å². The number of para-hydroxylation sites is 1. The standard InChI is InChI=1S/C18H24N2O/c1-21-18-14-6-7-15(18)12-20(11-14)9-8-13-10-19-17-5-3-2-4-16(13)17/h2-5,10,14-15,18-19H,6-9,11-12H2,1H3/t14-,15+,18?. The van der Waals surface area contributed by atoms with Crippen LogP contribution in [0.3, 0.4) is 0 Å². The van der Waals surface area contributed by atoms with E-state index < -0.39 is 0 Å². The second-order valence-electron chi connectivity index (χ2n) is 6.67. The molecule has 2 heterocycles. The van der Waals surface area contributed by atoms with Crippen molar-refractivity contribution in [3.05, 3.63) is 36.0 Å². The van der Waals surface area contributed by atoms with E-state index in [0.717, 1.165) is 18.3 Å². The Morgan fingerprint density at radius 1 is 1.19 bits per heavy atom. The summed E-state index contributed by atoms with van der Waals surface area (Å²) in [5, 5.41) is 1.38. The lowest BCUT2D eigenvalue weighted by Gasteiger charge is -2.37. The van der Waals surface area contributed by atoms with Gasteiger partial charge in [-0.05, 0) is 42.7 Å². The van der Waals surface area contributed by atoms with Crippen molar-refractivity contribution in [3.63, 3.8) is 0 Å². The average molecular weight is 284 g/mol. The van der Waals surface area contributed by atoms with Crippen LogP contribution in [0.15, 0.2) is 30.5 Å². The third-order valence-electron chi connectivity index (χ3n) is 5.47. The molecule has 2 aromatic rings. The monoisotopic (exact) mass is 284 g/mol. The van der Waals surface area contributed by atoms with Crippen molar-refractivity contribution in [2.24, 2.45) is 11.8 Å². The Hall–Kier alpha value is -1.32. The van der Waals surface area contributed by atoms with Crippen molar-refractivity contribution in [1.82, 2.24) is 9.88 Å². The SMILES string of the molecule is COC1[C@@H]2CC[C@H]1CN(CCc1c[nH]c3ccccc13)C2. The molecule has 0 amide bonds. The van der Waals surface area contributed by atoms with Crippen LogP contribution in [-0.2, 0) is 11.2 Å². The third kappa shape index (κ3) is 2.39. The summed E-state index contributed by atoms with van der Waals surface area (Å²) in [5.41, 5.74) is 2.71. The minimum absolute atomic E-state index is 0.523. The van der Waals surface area contributed by atoms with Gasteiger partial charge < -0.3 is 14.6 Å². The number of nitrogens with one attached hydrogen (secondary N) is 1. The molecule has 1 N–H and O–H groups in total. The van der Waals surface area contributed by atoms with Crippen molar-refractivity contribution < 1.29 is 4.74 Å². The summed E-state index contributed by atoms with van der Waals surface area (Å²) in [6.07, 6.45) is 6.55. The maximum Gasteiger partial charge on any atom is 0.0652 e. The Kier molecular flexibility index (Phi) is 3.48. The summed E-state index contributed by atoms with van der Waals surface area (Å²) in [4.78, 5) is 6.04.